The molecule has 1 aliphatic heterocycles. The van der Waals surface area contributed by atoms with E-state index in [1.54, 1.807) is 14.0 Å². The normalized spacial score (nSPS) is 28.2. The van der Waals surface area contributed by atoms with E-state index in [1.165, 1.54) is 10.8 Å². The van der Waals surface area contributed by atoms with Crippen LogP contribution in [-0.2, 0) is 14.2 Å². The second-order valence-corrected chi connectivity index (χ2v) is 5.78. The minimum Gasteiger partial charge on any atom is -0.382 e. The molecule has 0 radical (unpaired) electrons. The third-order valence-electron chi connectivity index (χ3n) is 3.90. The number of hydrogen-bond acceptors (Lipinski definition) is 6. The van der Waals surface area contributed by atoms with Gasteiger partial charge < -0.3 is 14.2 Å². The van der Waals surface area contributed by atoms with Crippen LogP contribution < -0.4 is 11.2 Å². The summed E-state index contributed by atoms with van der Waals surface area (Å²) in [5.74, 6) is 0.595. The molecule has 0 saturated carbocycles. The molecule has 8 heteroatoms. The number of aromatic nitrogens is 2. The molecule has 0 amide bonds. The molecule has 7 nitrogen and oxygen atoms in total. The Morgan fingerprint density at radius 3 is 2.77 bits per heavy atom. The summed E-state index contributed by atoms with van der Waals surface area (Å²) >= 11 is 4.29. The largest absolute Gasteiger partial charge is 0.382 e. The summed E-state index contributed by atoms with van der Waals surface area (Å²) in [5.41, 5.74) is -0.455. The van der Waals surface area contributed by atoms with Gasteiger partial charge in [0, 0.05) is 30.5 Å². The molecule has 1 N–H and O–H groups in total. The third-order valence-corrected chi connectivity index (χ3v) is 4.26. The van der Waals surface area contributed by atoms with Crippen molar-refractivity contribution in [1.29, 1.82) is 0 Å². The first-order valence-corrected chi connectivity index (χ1v) is 7.81. The lowest BCUT2D eigenvalue weighted by molar-refractivity contribution is -0.0719. The van der Waals surface area contributed by atoms with Crippen LogP contribution in [0.2, 0.25) is 0 Å². The van der Waals surface area contributed by atoms with Crippen LogP contribution in [0.3, 0.4) is 0 Å². The molecule has 1 aliphatic rings. The molecule has 1 fully saturated rings. The molecule has 0 bridgehead atoms. The van der Waals surface area contributed by atoms with Gasteiger partial charge in [0.15, 0.2) is 6.23 Å². The molecule has 0 aliphatic carbocycles. The fourth-order valence-corrected chi connectivity index (χ4v) is 2.98. The van der Waals surface area contributed by atoms with E-state index in [9.17, 15) is 9.59 Å². The second kappa shape index (κ2) is 7.45. The zero-order valence-electron chi connectivity index (χ0n) is 12.9. The van der Waals surface area contributed by atoms with E-state index in [0.29, 0.717) is 24.5 Å². The average molecular weight is 330 g/mol. The topological polar surface area (TPSA) is 82.6 Å². The summed E-state index contributed by atoms with van der Waals surface area (Å²) in [6.07, 6.45) is 0.480. The van der Waals surface area contributed by atoms with Gasteiger partial charge in [0.2, 0.25) is 0 Å². The Balaban J connectivity index is 2.31. The molecule has 124 valence electrons. The highest BCUT2D eigenvalue weighted by atomic mass is 32.1. The first-order valence-electron chi connectivity index (χ1n) is 7.18. The van der Waals surface area contributed by atoms with Gasteiger partial charge in [-0.15, -0.1) is 0 Å². The monoisotopic (exact) mass is 330 g/mol. The summed E-state index contributed by atoms with van der Waals surface area (Å²) in [4.78, 5) is 25.9. The van der Waals surface area contributed by atoms with Crippen LogP contribution in [0, 0.1) is 12.8 Å². The van der Waals surface area contributed by atoms with Crippen LogP contribution >= 0.6 is 12.6 Å². The van der Waals surface area contributed by atoms with Crippen LogP contribution in [0.25, 0.3) is 0 Å². The second-order valence-electron chi connectivity index (χ2n) is 5.41. The Hall–Kier alpha value is -1.09. The number of nitrogens with one attached hydrogen (secondary N) is 1. The predicted molar refractivity (Wildman–Crippen MR) is 84.6 cm³/mol. The third kappa shape index (κ3) is 3.45. The maximum absolute atomic E-state index is 12.1. The Morgan fingerprint density at radius 2 is 2.14 bits per heavy atom. The lowest BCUT2D eigenvalue weighted by Crippen LogP contribution is -2.38. The highest BCUT2D eigenvalue weighted by Crippen LogP contribution is 2.35. The van der Waals surface area contributed by atoms with Crippen LogP contribution in [0.1, 0.15) is 18.7 Å². The van der Waals surface area contributed by atoms with Crippen molar-refractivity contribution in [2.45, 2.75) is 32.3 Å². The molecule has 22 heavy (non-hydrogen) atoms. The van der Waals surface area contributed by atoms with Gasteiger partial charge in [-0.2, -0.15) is 12.6 Å². The van der Waals surface area contributed by atoms with Gasteiger partial charge in [-0.3, -0.25) is 14.3 Å². The van der Waals surface area contributed by atoms with Gasteiger partial charge in [0.05, 0.1) is 19.3 Å². The van der Waals surface area contributed by atoms with Crippen molar-refractivity contribution < 1.29 is 14.2 Å². The Labute approximate surface area is 134 Å². The Morgan fingerprint density at radius 1 is 1.41 bits per heavy atom. The van der Waals surface area contributed by atoms with Crippen molar-refractivity contribution in [2.75, 3.05) is 26.1 Å². The fraction of sp³-hybridized carbons (Fsp3) is 0.714. The van der Waals surface area contributed by atoms with Crippen LogP contribution in [-0.4, -0.2) is 47.8 Å². The van der Waals surface area contributed by atoms with E-state index >= 15 is 0 Å². The minimum absolute atomic E-state index is 0.0680. The fourth-order valence-electron chi connectivity index (χ4n) is 2.56. The van der Waals surface area contributed by atoms with Gasteiger partial charge in [-0.1, -0.05) is 6.92 Å². The lowest BCUT2D eigenvalue weighted by Gasteiger charge is -2.23. The lowest BCUT2D eigenvalue weighted by atomic mass is 10.0. The van der Waals surface area contributed by atoms with E-state index in [1.807, 2.05) is 6.92 Å². The van der Waals surface area contributed by atoms with E-state index in [0.717, 1.165) is 0 Å². The number of aryl methyl sites for hydroxylation is 1. The molecule has 1 aromatic rings. The molecule has 1 saturated heterocycles. The first kappa shape index (κ1) is 17.3. The predicted octanol–water partition coefficient (Wildman–Crippen LogP) is 0.340. The Bertz CT molecular complexity index is 614. The highest BCUT2D eigenvalue weighted by molar-refractivity contribution is 7.80. The first-order chi connectivity index (χ1) is 10.5. The van der Waals surface area contributed by atoms with Gasteiger partial charge in [0.1, 0.15) is 6.10 Å². The van der Waals surface area contributed by atoms with E-state index in [2.05, 4.69) is 17.6 Å². The molecule has 2 rings (SSSR count). The number of methoxy groups -OCH3 is 1. The standard InChI is InChI=1S/C14H22N2O5S/c1-8-6-16(14(18)15-12(8)17)13-11(20-5-4-19-3)9(2)10(7-22)21-13/h6,9-11,13,22H,4-5,7H2,1-3H3,(H,15,17,18)/t9-,10-,11-,13-/m1/s1. The van der Waals surface area contributed by atoms with Gasteiger partial charge >= 0.3 is 5.69 Å². The van der Waals surface area contributed by atoms with Crippen molar-refractivity contribution in [3.8, 4) is 0 Å². The molecular weight excluding hydrogens is 308 g/mol. The van der Waals surface area contributed by atoms with Gasteiger partial charge in [-0.25, -0.2) is 4.79 Å². The van der Waals surface area contributed by atoms with Crippen molar-refractivity contribution in [3.63, 3.8) is 0 Å². The van der Waals surface area contributed by atoms with Crippen LogP contribution in [0.4, 0.5) is 0 Å². The maximum Gasteiger partial charge on any atom is 0.330 e. The van der Waals surface area contributed by atoms with E-state index in [-0.39, 0.29) is 18.1 Å². The molecule has 0 spiro atoms. The summed E-state index contributed by atoms with van der Waals surface area (Å²) in [6.45, 7) is 4.51. The smallest absolute Gasteiger partial charge is 0.330 e. The van der Waals surface area contributed by atoms with E-state index < -0.39 is 17.5 Å². The summed E-state index contributed by atoms with van der Waals surface area (Å²) < 4.78 is 18.1. The molecule has 1 aromatic heterocycles. The van der Waals surface area contributed by atoms with Crippen molar-refractivity contribution >= 4 is 12.6 Å². The number of nitrogens with zero attached hydrogens (tertiary/aromatic N) is 1. The van der Waals surface area contributed by atoms with Crippen molar-refractivity contribution in [1.82, 2.24) is 9.55 Å². The number of rotatable bonds is 6. The molecule has 4 atom stereocenters. The average Bonchev–Trinajstić information content (AvgIpc) is 2.80. The number of hydrogen-bond donors (Lipinski definition) is 2. The quantitative estimate of drug-likeness (QED) is 0.581. The molecular formula is C14H22N2O5S. The summed E-state index contributed by atoms with van der Waals surface area (Å²) in [5, 5.41) is 0. The summed E-state index contributed by atoms with van der Waals surface area (Å²) in [6, 6.07) is 0. The number of ether oxygens (including phenoxy) is 3. The number of H-pyrrole nitrogens is 1. The molecule has 0 unspecified atom stereocenters. The van der Waals surface area contributed by atoms with Crippen molar-refractivity contribution in [3.05, 3.63) is 32.6 Å². The Kier molecular flexibility index (Phi) is 5.85. The van der Waals surface area contributed by atoms with Gasteiger partial charge in [-0.05, 0) is 6.92 Å². The number of aromatic amines is 1. The van der Waals surface area contributed by atoms with Gasteiger partial charge in [0.25, 0.3) is 5.56 Å². The highest BCUT2D eigenvalue weighted by Gasteiger charge is 2.43. The minimum atomic E-state index is -0.591. The SMILES string of the molecule is COCCO[C@@H]1[C@H](C)[C@@H](CS)O[C@H]1n1cc(C)c(=O)[nH]c1=O. The molecule has 0 aromatic carbocycles. The van der Waals surface area contributed by atoms with Crippen LogP contribution in [0.15, 0.2) is 15.8 Å². The maximum atomic E-state index is 12.1. The molecule has 2 heterocycles. The number of thiol groups is 1. The van der Waals surface area contributed by atoms with E-state index in [4.69, 9.17) is 14.2 Å². The zero-order chi connectivity index (χ0) is 16.3. The van der Waals surface area contributed by atoms with Crippen LogP contribution in [0.5, 0.6) is 0 Å². The zero-order valence-corrected chi connectivity index (χ0v) is 13.8. The summed E-state index contributed by atoms with van der Waals surface area (Å²) in [7, 11) is 1.60. The van der Waals surface area contributed by atoms with Crippen molar-refractivity contribution in [2.24, 2.45) is 5.92 Å².